The molecule has 0 spiro atoms. The van der Waals surface area contributed by atoms with Crippen molar-refractivity contribution in [1.82, 2.24) is 9.55 Å². The lowest BCUT2D eigenvalue weighted by Gasteiger charge is -2.17. The molecule has 0 aliphatic carbocycles. The second-order valence-electron chi connectivity index (χ2n) is 3.75. The molecule has 0 aromatic carbocycles. The van der Waals surface area contributed by atoms with E-state index >= 15 is 0 Å². The van der Waals surface area contributed by atoms with Gasteiger partial charge in [-0.15, -0.1) is 11.8 Å². The third kappa shape index (κ3) is 2.16. The molecule has 17 heavy (non-hydrogen) atoms. The molecule has 94 valence electrons. The largest absolute Gasteiger partial charge is 0.395 e. The zero-order valence-electron chi connectivity index (χ0n) is 8.68. The van der Waals surface area contributed by atoms with Gasteiger partial charge in [0.15, 0.2) is 0 Å². The van der Waals surface area contributed by atoms with Crippen molar-refractivity contribution in [3.8, 4) is 0 Å². The van der Waals surface area contributed by atoms with Crippen LogP contribution in [0.1, 0.15) is 5.37 Å². The SMILES string of the molecule is O=c1ccn([C@H]2S[C@@H](CO)[C@@H](O)[C@H]2O)c(=O)[nH]1. The first-order chi connectivity index (χ1) is 8.04. The predicted molar refractivity (Wildman–Crippen MR) is 60.8 cm³/mol. The van der Waals surface area contributed by atoms with Gasteiger partial charge in [0.25, 0.3) is 5.56 Å². The van der Waals surface area contributed by atoms with Crippen molar-refractivity contribution in [2.45, 2.75) is 22.8 Å². The lowest BCUT2D eigenvalue weighted by Crippen LogP contribution is -2.37. The first-order valence-electron chi connectivity index (χ1n) is 4.98. The third-order valence-corrected chi connectivity index (χ3v) is 4.20. The molecule has 1 aromatic heterocycles. The van der Waals surface area contributed by atoms with Gasteiger partial charge in [-0.25, -0.2) is 4.79 Å². The summed E-state index contributed by atoms with van der Waals surface area (Å²) in [5.74, 6) is 0. The van der Waals surface area contributed by atoms with E-state index in [9.17, 15) is 19.8 Å². The maximum atomic E-state index is 11.5. The lowest BCUT2D eigenvalue weighted by atomic mass is 10.1. The van der Waals surface area contributed by atoms with E-state index in [2.05, 4.69) is 4.98 Å². The molecule has 0 radical (unpaired) electrons. The Bertz CT molecular complexity index is 513. The minimum absolute atomic E-state index is 0.294. The number of aromatic amines is 1. The normalized spacial score (nSPS) is 32.9. The average Bonchev–Trinajstić information content (AvgIpc) is 2.57. The Kier molecular flexibility index (Phi) is 3.38. The van der Waals surface area contributed by atoms with Gasteiger partial charge in [0, 0.05) is 12.3 Å². The number of hydrogen-bond donors (Lipinski definition) is 4. The summed E-state index contributed by atoms with van der Waals surface area (Å²) in [4.78, 5) is 24.5. The lowest BCUT2D eigenvalue weighted by molar-refractivity contribution is 0.0101. The summed E-state index contributed by atoms with van der Waals surface area (Å²) in [5, 5.41) is 27.1. The maximum absolute atomic E-state index is 11.5. The molecule has 1 aliphatic rings. The Labute approximate surface area is 99.7 Å². The van der Waals surface area contributed by atoms with Crippen LogP contribution in [0.2, 0.25) is 0 Å². The molecule has 0 saturated carbocycles. The molecule has 2 rings (SSSR count). The van der Waals surface area contributed by atoms with Crippen LogP contribution in [0, 0.1) is 0 Å². The van der Waals surface area contributed by atoms with E-state index in [1.54, 1.807) is 0 Å². The number of aromatic nitrogens is 2. The van der Waals surface area contributed by atoms with E-state index in [1.165, 1.54) is 6.20 Å². The van der Waals surface area contributed by atoms with Crippen LogP contribution in [-0.2, 0) is 0 Å². The van der Waals surface area contributed by atoms with Crippen LogP contribution in [-0.4, -0.2) is 48.9 Å². The van der Waals surface area contributed by atoms with Crippen molar-refractivity contribution in [1.29, 1.82) is 0 Å². The highest BCUT2D eigenvalue weighted by atomic mass is 32.2. The average molecular weight is 260 g/mol. The van der Waals surface area contributed by atoms with Crippen LogP contribution in [0.4, 0.5) is 0 Å². The summed E-state index contributed by atoms with van der Waals surface area (Å²) in [5.41, 5.74) is -1.18. The van der Waals surface area contributed by atoms with Crippen LogP contribution in [0.3, 0.4) is 0 Å². The van der Waals surface area contributed by atoms with Crippen molar-refractivity contribution in [2.24, 2.45) is 0 Å². The van der Waals surface area contributed by atoms with Crippen molar-refractivity contribution in [2.75, 3.05) is 6.61 Å². The number of hydrogen-bond acceptors (Lipinski definition) is 6. The van der Waals surface area contributed by atoms with Crippen LogP contribution in [0.5, 0.6) is 0 Å². The summed E-state index contributed by atoms with van der Waals surface area (Å²) in [6, 6.07) is 1.16. The van der Waals surface area contributed by atoms with E-state index in [0.29, 0.717) is 0 Å². The highest BCUT2D eigenvalue weighted by Crippen LogP contribution is 2.40. The van der Waals surface area contributed by atoms with Crippen molar-refractivity contribution >= 4 is 11.8 Å². The Balaban J connectivity index is 2.35. The van der Waals surface area contributed by atoms with Crippen LogP contribution >= 0.6 is 11.8 Å². The quantitative estimate of drug-likeness (QED) is 0.482. The Morgan fingerprint density at radius 3 is 2.59 bits per heavy atom. The van der Waals surface area contributed by atoms with Crippen molar-refractivity contribution in [3.05, 3.63) is 33.1 Å². The third-order valence-electron chi connectivity index (χ3n) is 2.64. The molecule has 0 amide bonds. The molecule has 0 unspecified atom stereocenters. The Morgan fingerprint density at radius 2 is 2.06 bits per heavy atom. The van der Waals surface area contributed by atoms with E-state index in [1.807, 2.05) is 0 Å². The smallest absolute Gasteiger partial charge is 0.329 e. The van der Waals surface area contributed by atoms with Gasteiger partial charge in [0.2, 0.25) is 0 Å². The Hall–Kier alpha value is -1.09. The number of aliphatic hydroxyl groups excluding tert-OH is 3. The number of nitrogens with zero attached hydrogens (tertiary/aromatic N) is 1. The minimum Gasteiger partial charge on any atom is -0.395 e. The zero-order valence-corrected chi connectivity index (χ0v) is 9.50. The molecular weight excluding hydrogens is 248 g/mol. The number of nitrogens with one attached hydrogen (secondary N) is 1. The molecule has 4 atom stereocenters. The monoisotopic (exact) mass is 260 g/mol. The second-order valence-corrected chi connectivity index (χ2v) is 5.11. The molecule has 4 N–H and O–H groups in total. The Morgan fingerprint density at radius 1 is 1.35 bits per heavy atom. The molecular formula is C9H12N2O5S. The van der Waals surface area contributed by atoms with Crippen LogP contribution in [0.25, 0.3) is 0 Å². The summed E-state index contributed by atoms with van der Waals surface area (Å²) in [6.45, 7) is -0.294. The summed E-state index contributed by atoms with van der Waals surface area (Å²) in [6.07, 6.45) is -1.01. The van der Waals surface area contributed by atoms with E-state index in [4.69, 9.17) is 5.11 Å². The molecule has 0 bridgehead atoms. The molecule has 2 heterocycles. The fourth-order valence-corrected chi connectivity index (χ4v) is 3.12. The first-order valence-corrected chi connectivity index (χ1v) is 5.93. The van der Waals surface area contributed by atoms with E-state index < -0.39 is 34.1 Å². The number of H-pyrrole nitrogens is 1. The van der Waals surface area contributed by atoms with Gasteiger partial charge < -0.3 is 15.3 Å². The number of rotatable bonds is 2. The van der Waals surface area contributed by atoms with Gasteiger partial charge >= 0.3 is 5.69 Å². The maximum Gasteiger partial charge on any atom is 0.329 e. The molecule has 1 aromatic rings. The highest BCUT2D eigenvalue weighted by Gasteiger charge is 2.43. The van der Waals surface area contributed by atoms with E-state index in [0.717, 1.165) is 22.4 Å². The molecule has 1 aliphatic heterocycles. The molecule has 1 saturated heterocycles. The summed E-state index contributed by atoms with van der Waals surface area (Å²) >= 11 is 1.09. The van der Waals surface area contributed by atoms with Gasteiger partial charge in [0.1, 0.15) is 11.5 Å². The fraction of sp³-hybridized carbons (Fsp3) is 0.556. The number of aliphatic hydroxyl groups is 3. The van der Waals surface area contributed by atoms with Crippen LogP contribution in [0.15, 0.2) is 21.9 Å². The number of thioether (sulfide) groups is 1. The topological polar surface area (TPSA) is 116 Å². The van der Waals surface area contributed by atoms with E-state index in [-0.39, 0.29) is 6.61 Å². The zero-order chi connectivity index (χ0) is 12.6. The minimum atomic E-state index is -1.17. The molecule has 8 heteroatoms. The standard InChI is InChI=1S/C9H12N2O5S/c12-3-4-6(14)7(15)8(17-4)11-2-1-5(13)10-9(11)16/h1-2,4,6-8,12,14-15H,3H2,(H,10,13,16)/t4-,6+,7+,8-/m0/s1. The first kappa shape index (κ1) is 12.4. The van der Waals surface area contributed by atoms with Crippen molar-refractivity contribution in [3.63, 3.8) is 0 Å². The van der Waals surface area contributed by atoms with Crippen LogP contribution < -0.4 is 11.2 Å². The van der Waals surface area contributed by atoms with Gasteiger partial charge in [0.05, 0.1) is 18.0 Å². The van der Waals surface area contributed by atoms with Gasteiger partial charge in [-0.05, 0) is 0 Å². The fourth-order valence-electron chi connectivity index (χ4n) is 1.74. The molecule has 1 fully saturated rings. The summed E-state index contributed by atoms with van der Waals surface area (Å²) < 4.78 is 1.13. The van der Waals surface area contributed by atoms with Crippen molar-refractivity contribution < 1.29 is 15.3 Å². The molecule has 7 nitrogen and oxygen atoms in total. The van der Waals surface area contributed by atoms with Gasteiger partial charge in [-0.3, -0.25) is 14.3 Å². The highest BCUT2D eigenvalue weighted by molar-refractivity contribution is 8.00. The summed E-state index contributed by atoms with van der Waals surface area (Å²) in [7, 11) is 0. The van der Waals surface area contributed by atoms with Gasteiger partial charge in [-0.1, -0.05) is 0 Å². The van der Waals surface area contributed by atoms with Gasteiger partial charge in [-0.2, -0.15) is 0 Å². The predicted octanol–water partition coefficient (Wildman–Crippen LogP) is -2.14. The second kappa shape index (κ2) is 4.65.